The summed E-state index contributed by atoms with van der Waals surface area (Å²) in [6.07, 6.45) is 2.39. The molecule has 1 saturated heterocycles. The van der Waals surface area contributed by atoms with Crippen LogP contribution in [-0.2, 0) is 24.8 Å². The van der Waals surface area contributed by atoms with Crippen molar-refractivity contribution in [3.63, 3.8) is 0 Å². The van der Waals surface area contributed by atoms with E-state index in [1.54, 1.807) is 16.2 Å². The highest BCUT2D eigenvalue weighted by Gasteiger charge is 2.23. The molecule has 1 aliphatic rings. The molecule has 0 aromatic carbocycles. The van der Waals surface area contributed by atoms with Crippen molar-refractivity contribution in [2.24, 2.45) is 12.0 Å². The van der Waals surface area contributed by atoms with Gasteiger partial charge in [-0.05, 0) is 37.6 Å². The van der Waals surface area contributed by atoms with E-state index in [4.69, 9.17) is 9.73 Å². The van der Waals surface area contributed by atoms with Gasteiger partial charge in [0.1, 0.15) is 12.4 Å². The number of piperidine rings is 1. The molecule has 1 fully saturated rings. The van der Waals surface area contributed by atoms with Gasteiger partial charge in [0.05, 0.1) is 7.11 Å². The molecule has 29 heavy (non-hydrogen) atoms. The minimum absolute atomic E-state index is 0.255. The number of likely N-dealkylation sites (tertiary alicyclic amines) is 1. The molecule has 1 amide bonds. The van der Waals surface area contributed by atoms with Gasteiger partial charge in [-0.25, -0.2) is 9.79 Å². The topological polar surface area (TPSA) is 96.7 Å². The molecule has 0 unspecified atom stereocenters. The predicted molar refractivity (Wildman–Crippen MR) is 113 cm³/mol. The lowest BCUT2D eigenvalue weighted by molar-refractivity contribution is 0.111. The standard InChI is InChI=1S/C19H29N7O2S/c1-14-23-24-17(25(14)2)13-21-18(20-9-6-16-5-4-12-29-16)22-15-7-10-26(11-8-15)19(27)28-3/h4-5,12,15H,6-11,13H2,1-3H3,(H2,20,21,22). The molecule has 158 valence electrons. The van der Waals surface area contributed by atoms with Crippen molar-refractivity contribution in [1.29, 1.82) is 0 Å². The molecule has 0 spiro atoms. The predicted octanol–water partition coefficient (Wildman–Crippen LogP) is 1.69. The third kappa shape index (κ3) is 5.93. The van der Waals surface area contributed by atoms with Crippen molar-refractivity contribution in [1.82, 2.24) is 30.3 Å². The van der Waals surface area contributed by atoms with Gasteiger partial charge in [0.15, 0.2) is 11.8 Å². The first kappa shape index (κ1) is 21.1. The van der Waals surface area contributed by atoms with Crippen LogP contribution in [0.1, 0.15) is 29.4 Å². The first-order valence-corrected chi connectivity index (χ1v) is 10.7. The monoisotopic (exact) mass is 419 g/mol. The third-order valence-corrected chi connectivity index (χ3v) is 6.01. The second-order valence-corrected chi connectivity index (χ2v) is 8.05. The number of guanidine groups is 1. The normalized spacial score (nSPS) is 15.4. The van der Waals surface area contributed by atoms with E-state index in [9.17, 15) is 4.79 Å². The number of carbonyl (C=O) groups is 1. The zero-order chi connectivity index (χ0) is 20.6. The van der Waals surface area contributed by atoms with Crippen LogP contribution in [-0.4, -0.2) is 64.5 Å². The van der Waals surface area contributed by atoms with Gasteiger partial charge in [0.25, 0.3) is 0 Å². The van der Waals surface area contributed by atoms with Gasteiger partial charge >= 0.3 is 6.09 Å². The molecule has 1 aliphatic heterocycles. The van der Waals surface area contributed by atoms with Gasteiger partial charge in [-0.15, -0.1) is 21.5 Å². The van der Waals surface area contributed by atoms with Crippen molar-refractivity contribution in [3.8, 4) is 0 Å². The second-order valence-electron chi connectivity index (χ2n) is 7.02. The lowest BCUT2D eigenvalue weighted by Crippen LogP contribution is -2.50. The molecule has 0 aliphatic carbocycles. The number of hydrogen-bond donors (Lipinski definition) is 2. The number of hydrogen-bond acceptors (Lipinski definition) is 6. The average Bonchev–Trinajstić information content (AvgIpc) is 3.36. The van der Waals surface area contributed by atoms with E-state index in [-0.39, 0.29) is 12.1 Å². The molecule has 2 aromatic heterocycles. The van der Waals surface area contributed by atoms with Crippen LogP contribution in [0.5, 0.6) is 0 Å². The minimum atomic E-state index is -0.260. The number of aromatic nitrogens is 3. The van der Waals surface area contributed by atoms with Crippen molar-refractivity contribution in [2.75, 3.05) is 26.7 Å². The van der Waals surface area contributed by atoms with Crippen LogP contribution < -0.4 is 10.6 Å². The highest BCUT2D eigenvalue weighted by molar-refractivity contribution is 7.09. The fourth-order valence-electron chi connectivity index (χ4n) is 3.18. The van der Waals surface area contributed by atoms with E-state index in [0.717, 1.165) is 43.4 Å². The Kier molecular flexibility index (Phi) is 7.45. The van der Waals surface area contributed by atoms with E-state index >= 15 is 0 Å². The number of nitrogens with one attached hydrogen (secondary N) is 2. The fraction of sp³-hybridized carbons (Fsp3) is 0.579. The molecule has 0 atom stereocenters. The molecule has 0 bridgehead atoms. The van der Waals surface area contributed by atoms with Crippen LogP contribution >= 0.6 is 11.3 Å². The van der Waals surface area contributed by atoms with Crippen molar-refractivity contribution >= 4 is 23.4 Å². The first-order valence-electron chi connectivity index (χ1n) is 9.82. The third-order valence-electron chi connectivity index (χ3n) is 5.07. The summed E-state index contributed by atoms with van der Waals surface area (Å²) in [5.41, 5.74) is 0. The lowest BCUT2D eigenvalue weighted by Gasteiger charge is -2.32. The Morgan fingerprint density at radius 2 is 2.17 bits per heavy atom. The van der Waals surface area contributed by atoms with E-state index in [1.807, 2.05) is 18.5 Å². The molecule has 3 rings (SSSR count). The zero-order valence-electron chi connectivity index (χ0n) is 17.2. The first-order chi connectivity index (χ1) is 14.1. The molecule has 2 N–H and O–H groups in total. The minimum Gasteiger partial charge on any atom is -0.453 e. The summed E-state index contributed by atoms with van der Waals surface area (Å²) in [6.45, 7) is 4.52. The Morgan fingerprint density at radius 1 is 1.38 bits per heavy atom. The molecule has 9 nitrogen and oxygen atoms in total. The number of amides is 1. The number of rotatable bonds is 6. The van der Waals surface area contributed by atoms with Crippen LogP contribution in [0.2, 0.25) is 0 Å². The summed E-state index contributed by atoms with van der Waals surface area (Å²) in [7, 11) is 3.36. The maximum absolute atomic E-state index is 11.7. The van der Waals surface area contributed by atoms with Crippen molar-refractivity contribution in [2.45, 2.75) is 38.8 Å². The second kappa shape index (κ2) is 10.2. The average molecular weight is 420 g/mol. The molecule has 2 aromatic rings. The van der Waals surface area contributed by atoms with E-state index in [1.165, 1.54) is 12.0 Å². The SMILES string of the molecule is COC(=O)N1CCC(NC(=NCc2nnc(C)n2C)NCCc2cccs2)CC1. The summed E-state index contributed by atoms with van der Waals surface area (Å²) >= 11 is 1.76. The summed E-state index contributed by atoms with van der Waals surface area (Å²) in [5.74, 6) is 2.45. The number of carbonyl (C=O) groups excluding carboxylic acids is 1. The Bertz CT molecular complexity index is 811. The van der Waals surface area contributed by atoms with Gasteiger partial charge in [-0.2, -0.15) is 0 Å². The molecular weight excluding hydrogens is 390 g/mol. The molecule has 3 heterocycles. The Balaban J connectivity index is 1.58. The number of methoxy groups -OCH3 is 1. The maximum atomic E-state index is 11.7. The summed E-state index contributed by atoms with van der Waals surface area (Å²) < 4.78 is 6.76. The number of ether oxygens (including phenoxy) is 1. The summed E-state index contributed by atoms with van der Waals surface area (Å²) in [6, 6.07) is 4.46. The van der Waals surface area contributed by atoms with Gasteiger partial charge in [-0.3, -0.25) is 0 Å². The van der Waals surface area contributed by atoms with Gasteiger partial charge in [-0.1, -0.05) is 6.07 Å². The summed E-state index contributed by atoms with van der Waals surface area (Å²) in [4.78, 5) is 19.5. The zero-order valence-corrected chi connectivity index (χ0v) is 18.0. The molecule has 0 saturated carbocycles. The van der Waals surface area contributed by atoms with Crippen LogP contribution in [0.15, 0.2) is 22.5 Å². The van der Waals surface area contributed by atoms with Crippen LogP contribution in [0, 0.1) is 6.92 Å². The number of aryl methyl sites for hydroxylation is 1. The Hall–Kier alpha value is -2.62. The Morgan fingerprint density at radius 3 is 2.79 bits per heavy atom. The molecule has 10 heteroatoms. The van der Waals surface area contributed by atoms with Crippen LogP contribution in [0.3, 0.4) is 0 Å². The van der Waals surface area contributed by atoms with Gasteiger partial charge < -0.3 is 24.8 Å². The van der Waals surface area contributed by atoms with Crippen molar-refractivity contribution < 1.29 is 9.53 Å². The number of thiophene rings is 1. The van der Waals surface area contributed by atoms with Crippen LogP contribution in [0.25, 0.3) is 0 Å². The van der Waals surface area contributed by atoms with E-state index in [0.29, 0.717) is 19.6 Å². The van der Waals surface area contributed by atoms with Gasteiger partial charge in [0.2, 0.25) is 0 Å². The summed E-state index contributed by atoms with van der Waals surface area (Å²) in [5, 5.41) is 17.3. The number of aliphatic imine (C=N–C) groups is 1. The fourth-order valence-corrected chi connectivity index (χ4v) is 3.89. The van der Waals surface area contributed by atoms with E-state index in [2.05, 4.69) is 38.3 Å². The smallest absolute Gasteiger partial charge is 0.409 e. The Labute approximate surface area is 175 Å². The highest BCUT2D eigenvalue weighted by atomic mass is 32.1. The maximum Gasteiger partial charge on any atom is 0.409 e. The van der Waals surface area contributed by atoms with Crippen LogP contribution in [0.4, 0.5) is 4.79 Å². The quantitative estimate of drug-likeness (QED) is 0.546. The molecular formula is C19H29N7O2S. The van der Waals surface area contributed by atoms with E-state index < -0.39 is 0 Å². The van der Waals surface area contributed by atoms with Gasteiger partial charge in [0, 0.05) is 37.6 Å². The molecule has 0 radical (unpaired) electrons. The lowest BCUT2D eigenvalue weighted by atomic mass is 10.1. The highest BCUT2D eigenvalue weighted by Crippen LogP contribution is 2.12. The van der Waals surface area contributed by atoms with Crippen molar-refractivity contribution in [3.05, 3.63) is 34.0 Å². The largest absolute Gasteiger partial charge is 0.453 e. The number of nitrogens with zero attached hydrogens (tertiary/aromatic N) is 5.